The van der Waals surface area contributed by atoms with E-state index in [9.17, 15) is 26.7 Å². The summed E-state index contributed by atoms with van der Waals surface area (Å²) in [6.07, 6.45) is -4.77. The van der Waals surface area contributed by atoms with Gasteiger partial charge in [0.1, 0.15) is 5.75 Å². The van der Waals surface area contributed by atoms with E-state index in [1.54, 1.807) is 0 Å². The smallest absolute Gasteiger partial charge is 0.416 e. The maximum absolute atomic E-state index is 12.8. The third kappa shape index (κ3) is 3.42. The zero-order valence-electron chi connectivity index (χ0n) is 10.1. The molecule has 0 heterocycles. The van der Waals surface area contributed by atoms with Gasteiger partial charge in [-0.15, -0.1) is 0 Å². The van der Waals surface area contributed by atoms with E-state index in [0.29, 0.717) is 6.07 Å². The lowest BCUT2D eigenvalue weighted by molar-refractivity contribution is -0.138. The summed E-state index contributed by atoms with van der Waals surface area (Å²) in [6, 6.07) is 1.38. The molecule has 1 aromatic rings. The van der Waals surface area contributed by atoms with Crippen LogP contribution in [0.5, 0.6) is 5.75 Å². The number of carbonyl (C=O) groups is 1. The minimum atomic E-state index is -4.65. The van der Waals surface area contributed by atoms with Gasteiger partial charge in [-0.1, -0.05) is 6.92 Å². The van der Waals surface area contributed by atoms with Crippen molar-refractivity contribution in [3.05, 3.63) is 28.8 Å². The van der Waals surface area contributed by atoms with Crippen LogP contribution in [0.15, 0.2) is 12.1 Å². The third-order valence-electron chi connectivity index (χ3n) is 2.50. The number of halogens is 5. The summed E-state index contributed by atoms with van der Waals surface area (Å²) in [7, 11) is 0. The predicted octanol–water partition coefficient (Wildman–Crippen LogP) is 4.07. The van der Waals surface area contributed by atoms with E-state index >= 15 is 0 Å². The summed E-state index contributed by atoms with van der Waals surface area (Å²) < 4.78 is 66.8. The van der Waals surface area contributed by atoms with Crippen molar-refractivity contribution in [3.8, 4) is 5.75 Å². The number of benzene rings is 1. The first kappa shape index (κ1) is 15.4. The molecule has 0 bridgehead atoms. The first-order valence-electron chi connectivity index (χ1n) is 5.37. The lowest BCUT2D eigenvalue weighted by Crippen LogP contribution is -2.15. The van der Waals surface area contributed by atoms with Crippen molar-refractivity contribution in [3.63, 3.8) is 0 Å². The highest BCUT2D eigenvalue weighted by Crippen LogP contribution is 2.37. The molecule has 0 saturated heterocycles. The van der Waals surface area contributed by atoms with Crippen molar-refractivity contribution >= 4 is 5.78 Å². The van der Waals surface area contributed by atoms with Gasteiger partial charge in [0.05, 0.1) is 11.1 Å². The molecule has 0 unspecified atom stereocenters. The topological polar surface area (TPSA) is 26.3 Å². The van der Waals surface area contributed by atoms with Crippen LogP contribution in [0.2, 0.25) is 0 Å². The SMILES string of the molecule is CCc1c(C(F)(F)F)ccc(OC(F)F)c1C(C)=O. The Labute approximate surface area is 106 Å². The second-order valence-electron chi connectivity index (χ2n) is 3.75. The maximum Gasteiger partial charge on any atom is 0.416 e. The molecule has 0 aliphatic carbocycles. The fourth-order valence-corrected chi connectivity index (χ4v) is 1.84. The molecule has 0 aliphatic rings. The van der Waals surface area contributed by atoms with Crippen LogP contribution < -0.4 is 4.74 Å². The molecule has 1 rings (SSSR count). The number of rotatable bonds is 4. The molecule has 0 atom stereocenters. The summed E-state index contributed by atoms with van der Waals surface area (Å²) in [4.78, 5) is 11.4. The standard InChI is InChI=1S/C12H11F5O2/c1-3-7-8(12(15,16)17)4-5-9(19-11(13)14)10(7)6(2)18/h4-5,11H,3H2,1-2H3. The number of carbonyl (C=O) groups excluding carboxylic acids is 1. The van der Waals surface area contributed by atoms with Gasteiger partial charge in [0.15, 0.2) is 5.78 Å². The van der Waals surface area contributed by atoms with Crippen LogP contribution in [0.4, 0.5) is 22.0 Å². The average Bonchev–Trinajstić information content (AvgIpc) is 2.25. The van der Waals surface area contributed by atoms with E-state index in [1.807, 2.05) is 0 Å². The maximum atomic E-state index is 12.8. The van der Waals surface area contributed by atoms with Gasteiger partial charge in [0, 0.05) is 0 Å². The quantitative estimate of drug-likeness (QED) is 0.614. The first-order chi connectivity index (χ1) is 8.68. The van der Waals surface area contributed by atoms with Crippen LogP contribution in [0.1, 0.15) is 35.3 Å². The van der Waals surface area contributed by atoms with Crippen LogP contribution in [-0.2, 0) is 12.6 Å². The molecule has 1 aromatic carbocycles. The molecule has 7 heteroatoms. The molecule has 0 aromatic heterocycles. The van der Waals surface area contributed by atoms with Crippen molar-refractivity contribution in [1.82, 2.24) is 0 Å². The molecule has 0 amide bonds. The van der Waals surface area contributed by atoms with E-state index in [0.717, 1.165) is 13.0 Å². The van der Waals surface area contributed by atoms with Gasteiger partial charge in [0.25, 0.3) is 0 Å². The molecule has 0 N–H and O–H groups in total. The minimum absolute atomic E-state index is 0.121. The fourth-order valence-electron chi connectivity index (χ4n) is 1.84. The molecule has 2 nitrogen and oxygen atoms in total. The Morgan fingerprint density at radius 2 is 1.89 bits per heavy atom. The Morgan fingerprint density at radius 1 is 1.32 bits per heavy atom. The molecular weight excluding hydrogens is 271 g/mol. The molecule has 19 heavy (non-hydrogen) atoms. The van der Waals surface area contributed by atoms with Gasteiger partial charge in [-0.3, -0.25) is 4.79 Å². The molecular formula is C12H11F5O2. The average molecular weight is 282 g/mol. The molecule has 0 radical (unpaired) electrons. The van der Waals surface area contributed by atoms with Crippen molar-refractivity contribution < 1.29 is 31.5 Å². The number of ketones is 1. The van der Waals surface area contributed by atoms with Crippen molar-refractivity contribution in [2.24, 2.45) is 0 Å². The predicted molar refractivity (Wildman–Crippen MR) is 57.5 cm³/mol. The van der Waals surface area contributed by atoms with Gasteiger partial charge in [-0.25, -0.2) is 0 Å². The van der Waals surface area contributed by atoms with Gasteiger partial charge in [0.2, 0.25) is 0 Å². The number of ether oxygens (including phenoxy) is 1. The highest BCUT2D eigenvalue weighted by atomic mass is 19.4. The number of hydrogen-bond acceptors (Lipinski definition) is 2. The van der Waals surface area contributed by atoms with Gasteiger partial charge in [-0.05, 0) is 31.0 Å². The molecule has 0 aliphatic heterocycles. The number of alkyl halides is 5. The molecule has 0 spiro atoms. The Hall–Kier alpha value is -1.66. The van der Waals surface area contributed by atoms with Crippen molar-refractivity contribution in [2.75, 3.05) is 0 Å². The highest BCUT2D eigenvalue weighted by molar-refractivity contribution is 5.98. The monoisotopic (exact) mass is 282 g/mol. The summed E-state index contributed by atoms with van der Waals surface area (Å²) in [5.41, 5.74) is -1.79. The zero-order valence-corrected chi connectivity index (χ0v) is 10.1. The normalized spacial score (nSPS) is 11.8. The summed E-state index contributed by atoms with van der Waals surface area (Å²) in [5, 5.41) is 0. The fraction of sp³-hybridized carbons (Fsp3) is 0.417. The van der Waals surface area contributed by atoms with Crippen LogP contribution in [-0.4, -0.2) is 12.4 Å². The molecule has 106 valence electrons. The Morgan fingerprint density at radius 3 is 2.26 bits per heavy atom. The summed E-state index contributed by atoms with van der Waals surface area (Å²) in [5.74, 6) is -1.29. The van der Waals surface area contributed by atoms with Crippen molar-refractivity contribution in [1.29, 1.82) is 0 Å². The minimum Gasteiger partial charge on any atom is -0.434 e. The number of Topliss-reactive ketones (excluding diaryl/α,β-unsaturated/α-hetero) is 1. The van der Waals surface area contributed by atoms with Gasteiger partial charge in [-0.2, -0.15) is 22.0 Å². The highest BCUT2D eigenvalue weighted by Gasteiger charge is 2.35. The Bertz CT molecular complexity index is 480. The third-order valence-corrected chi connectivity index (χ3v) is 2.50. The van der Waals surface area contributed by atoms with E-state index in [2.05, 4.69) is 4.74 Å². The second kappa shape index (κ2) is 5.54. The lowest BCUT2D eigenvalue weighted by atomic mass is 9.95. The molecule has 0 saturated carbocycles. The zero-order chi connectivity index (χ0) is 14.8. The summed E-state index contributed by atoms with van der Waals surface area (Å²) >= 11 is 0. The van der Waals surface area contributed by atoms with Crippen LogP contribution in [0.25, 0.3) is 0 Å². The van der Waals surface area contributed by atoms with E-state index in [-0.39, 0.29) is 12.0 Å². The van der Waals surface area contributed by atoms with Gasteiger partial charge < -0.3 is 4.74 Å². The largest absolute Gasteiger partial charge is 0.434 e. The van der Waals surface area contributed by atoms with Crippen LogP contribution >= 0.6 is 0 Å². The van der Waals surface area contributed by atoms with Crippen LogP contribution in [0, 0.1) is 0 Å². The van der Waals surface area contributed by atoms with E-state index in [1.165, 1.54) is 6.92 Å². The Kier molecular flexibility index (Phi) is 4.49. The Balaban J connectivity index is 3.52. The number of hydrogen-bond donors (Lipinski definition) is 0. The van der Waals surface area contributed by atoms with Crippen LogP contribution in [0.3, 0.4) is 0 Å². The van der Waals surface area contributed by atoms with Gasteiger partial charge >= 0.3 is 12.8 Å². The lowest BCUT2D eigenvalue weighted by Gasteiger charge is -2.18. The van der Waals surface area contributed by atoms with Crippen molar-refractivity contribution in [2.45, 2.75) is 33.1 Å². The molecule has 0 fully saturated rings. The first-order valence-corrected chi connectivity index (χ1v) is 5.37. The second-order valence-corrected chi connectivity index (χ2v) is 3.75. The van der Waals surface area contributed by atoms with E-state index < -0.39 is 35.4 Å². The summed E-state index contributed by atoms with van der Waals surface area (Å²) in [6.45, 7) is -0.796. The van der Waals surface area contributed by atoms with E-state index in [4.69, 9.17) is 0 Å².